The second-order valence-electron chi connectivity index (χ2n) is 11.2. The summed E-state index contributed by atoms with van der Waals surface area (Å²) in [6.07, 6.45) is 0. The Morgan fingerprint density at radius 3 is 1.53 bits per heavy atom. The van der Waals surface area contributed by atoms with Gasteiger partial charge in [-0.1, -0.05) is 97.1 Å². The molecular formula is C42H32N3+. The van der Waals surface area contributed by atoms with Crippen LogP contribution in [0.4, 0.5) is 28.4 Å². The Morgan fingerprint density at radius 1 is 0.400 bits per heavy atom. The van der Waals surface area contributed by atoms with Crippen molar-refractivity contribution >= 4 is 50.2 Å². The van der Waals surface area contributed by atoms with Gasteiger partial charge in [-0.2, -0.15) is 0 Å². The number of quaternary nitrogens is 1. The molecule has 0 fully saturated rings. The van der Waals surface area contributed by atoms with Crippen molar-refractivity contribution in [3.8, 4) is 16.8 Å². The van der Waals surface area contributed by atoms with Gasteiger partial charge in [-0.05, 0) is 72.3 Å². The van der Waals surface area contributed by atoms with Gasteiger partial charge in [-0.15, -0.1) is 0 Å². The lowest BCUT2D eigenvalue weighted by atomic mass is 10.0. The standard InChI is InChI=1S/C42H31N3/c1-3-13-31(14-4-1)37-17-7-10-20-40(37)43-32-23-25-34(26-24-32)44(33-15-5-2-6-16-33)35-27-29-36(30-28-35)45-41-21-11-8-18-38(41)39-19-9-12-22-42(39)45/h1-30,43H/p+1. The fourth-order valence-corrected chi connectivity index (χ4v) is 6.38. The quantitative estimate of drug-likeness (QED) is 0.187. The lowest BCUT2D eigenvalue weighted by Gasteiger charge is -2.25. The third-order valence-electron chi connectivity index (χ3n) is 8.48. The van der Waals surface area contributed by atoms with Gasteiger partial charge in [0.2, 0.25) is 0 Å². The van der Waals surface area contributed by atoms with E-state index in [4.69, 9.17) is 0 Å². The summed E-state index contributed by atoms with van der Waals surface area (Å²) >= 11 is 0. The highest BCUT2D eigenvalue weighted by Gasteiger charge is 2.16. The Kier molecular flexibility index (Phi) is 6.91. The number of fused-ring (bicyclic) bond motifs is 3. The van der Waals surface area contributed by atoms with Crippen LogP contribution in [0.15, 0.2) is 182 Å². The maximum atomic E-state index is 2.36. The molecule has 8 aromatic rings. The van der Waals surface area contributed by atoms with Gasteiger partial charge in [0, 0.05) is 57.3 Å². The molecule has 3 nitrogen and oxygen atoms in total. The summed E-state index contributed by atoms with van der Waals surface area (Å²) in [4.78, 5) is 2.32. The summed E-state index contributed by atoms with van der Waals surface area (Å²) in [5.74, 6) is 0. The largest absolute Gasteiger partial charge is 0.310 e. The molecule has 1 heterocycles. The first-order valence-electron chi connectivity index (χ1n) is 15.4. The van der Waals surface area contributed by atoms with Crippen molar-refractivity contribution < 1.29 is 5.32 Å². The number of para-hydroxylation sites is 4. The molecule has 1 aromatic heterocycles. The summed E-state index contributed by atoms with van der Waals surface area (Å²) in [6, 6.07) is 64.8. The highest BCUT2D eigenvalue weighted by atomic mass is 15.1. The van der Waals surface area contributed by atoms with Crippen molar-refractivity contribution in [1.29, 1.82) is 0 Å². The summed E-state index contributed by atoms with van der Waals surface area (Å²) in [5.41, 5.74) is 11.7. The minimum atomic E-state index is 1.11. The predicted octanol–water partition coefficient (Wildman–Crippen LogP) is 10.4. The van der Waals surface area contributed by atoms with Crippen LogP contribution in [0, 0.1) is 0 Å². The Bertz CT molecular complexity index is 2160. The summed E-state index contributed by atoms with van der Waals surface area (Å²) in [7, 11) is 0. The van der Waals surface area contributed by atoms with Gasteiger partial charge in [0.15, 0.2) is 0 Å². The fraction of sp³-hybridized carbons (Fsp3) is 0. The van der Waals surface area contributed by atoms with Crippen molar-refractivity contribution in [1.82, 2.24) is 4.57 Å². The smallest absolute Gasteiger partial charge is 0.142 e. The second-order valence-corrected chi connectivity index (χ2v) is 11.2. The van der Waals surface area contributed by atoms with Crippen molar-refractivity contribution in [2.45, 2.75) is 0 Å². The van der Waals surface area contributed by atoms with Crippen LogP contribution < -0.4 is 10.2 Å². The molecule has 0 amide bonds. The lowest BCUT2D eigenvalue weighted by molar-refractivity contribution is -0.478. The third-order valence-corrected chi connectivity index (χ3v) is 8.48. The number of aromatic nitrogens is 1. The molecule has 0 unspecified atom stereocenters. The molecule has 0 saturated heterocycles. The van der Waals surface area contributed by atoms with Crippen LogP contribution in [0.3, 0.4) is 0 Å². The number of anilines is 3. The van der Waals surface area contributed by atoms with Gasteiger partial charge in [0.1, 0.15) is 11.4 Å². The Labute approximate surface area is 263 Å². The first-order chi connectivity index (χ1) is 22.3. The highest BCUT2D eigenvalue weighted by molar-refractivity contribution is 6.09. The second kappa shape index (κ2) is 11.6. The monoisotopic (exact) mass is 578 g/mol. The number of rotatable bonds is 7. The Hall–Kier alpha value is -5.90. The van der Waals surface area contributed by atoms with E-state index in [0.717, 1.165) is 28.4 Å². The SMILES string of the molecule is c1ccc(-c2ccccc2[NH2+]c2ccc(N(c3ccccc3)c3ccc(-n4c5ccccc5c5ccccc54)cc3)cc2)cc1. The predicted molar refractivity (Wildman–Crippen MR) is 189 cm³/mol. The van der Waals surface area contributed by atoms with Gasteiger partial charge in [0.25, 0.3) is 0 Å². The molecule has 0 radical (unpaired) electrons. The molecule has 0 aliphatic carbocycles. The Morgan fingerprint density at radius 2 is 0.889 bits per heavy atom. The van der Waals surface area contributed by atoms with E-state index < -0.39 is 0 Å². The average molecular weight is 579 g/mol. The maximum absolute atomic E-state index is 2.36. The number of hydrogen-bond acceptors (Lipinski definition) is 1. The minimum absolute atomic E-state index is 1.11. The number of hydrogen-bond donors (Lipinski definition) is 1. The van der Waals surface area contributed by atoms with E-state index in [9.17, 15) is 0 Å². The zero-order chi connectivity index (χ0) is 30.0. The Balaban J connectivity index is 1.14. The molecule has 7 aromatic carbocycles. The summed E-state index contributed by atoms with van der Waals surface area (Å²) < 4.78 is 2.36. The van der Waals surface area contributed by atoms with Crippen molar-refractivity contribution in [3.63, 3.8) is 0 Å². The number of nitrogens with zero attached hydrogens (tertiary/aromatic N) is 2. The van der Waals surface area contributed by atoms with Crippen LogP contribution in [-0.2, 0) is 0 Å². The summed E-state index contributed by atoms with van der Waals surface area (Å²) in [6.45, 7) is 0. The molecule has 0 aliphatic rings. The molecule has 8 rings (SSSR count). The number of benzene rings is 7. The summed E-state index contributed by atoms with van der Waals surface area (Å²) in [5, 5.41) is 4.80. The molecule has 3 heteroatoms. The minimum Gasteiger partial charge on any atom is -0.310 e. The van der Waals surface area contributed by atoms with E-state index >= 15 is 0 Å². The van der Waals surface area contributed by atoms with E-state index in [1.807, 2.05) is 0 Å². The van der Waals surface area contributed by atoms with Crippen LogP contribution in [0.5, 0.6) is 0 Å². The van der Waals surface area contributed by atoms with Crippen LogP contribution >= 0.6 is 0 Å². The van der Waals surface area contributed by atoms with Crippen molar-refractivity contribution in [2.24, 2.45) is 0 Å². The molecule has 0 aliphatic heterocycles. The maximum Gasteiger partial charge on any atom is 0.142 e. The molecule has 214 valence electrons. The van der Waals surface area contributed by atoms with Crippen LogP contribution in [0.1, 0.15) is 0 Å². The van der Waals surface area contributed by atoms with Crippen LogP contribution in [0.25, 0.3) is 38.6 Å². The highest BCUT2D eigenvalue weighted by Crippen LogP contribution is 2.37. The molecule has 0 bridgehead atoms. The third kappa shape index (κ3) is 5.06. The molecule has 2 N–H and O–H groups in total. The van der Waals surface area contributed by atoms with Crippen molar-refractivity contribution in [2.75, 3.05) is 4.90 Å². The fourth-order valence-electron chi connectivity index (χ4n) is 6.38. The molecular weight excluding hydrogens is 546 g/mol. The molecule has 45 heavy (non-hydrogen) atoms. The first-order valence-corrected chi connectivity index (χ1v) is 15.4. The normalized spacial score (nSPS) is 11.2. The van der Waals surface area contributed by atoms with Gasteiger partial charge in [0.05, 0.1) is 11.0 Å². The van der Waals surface area contributed by atoms with Gasteiger partial charge < -0.3 is 9.47 Å². The average Bonchev–Trinajstić information content (AvgIpc) is 3.45. The van der Waals surface area contributed by atoms with Crippen LogP contribution in [0.2, 0.25) is 0 Å². The van der Waals surface area contributed by atoms with E-state index in [2.05, 4.69) is 197 Å². The van der Waals surface area contributed by atoms with E-state index in [1.165, 1.54) is 38.6 Å². The van der Waals surface area contributed by atoms with E-state index in [1.54, 1.807) is 0 Å². The van der Waals surface area contributed by atoms with Gasteiger partial charge >= 0.3 is 0 Å². The molecule has 0 spiro atoms. The lowest BCUT2D eigenvalue weighted by Crippen LogP contribution is -2.71. The molecule has 0 saturated carbocycles. The van der Waals surface area contributed by atoms with E-state index in [0.29, 0.717) is 0 Å². The van der Waals surface area contributed by atoms with Gasteiger partial charge in [-0.3, -0.25) is 5.32 Å². The van der Waals surface area contributed by atoms with Crippen molar-refractivity contribution in [3.05, 3.63) is 182 Å². The van der Waals surface area contributed by atoms with E-state index in [-0.39, 0.29) is 0 Å². The van der Waals surface area contributed by atoms with Gasteiger partial charge in [-0.25, -0.2) is 0 Å². The zero-order valence-corrected chi connectivity index (χ0v) is 24.8. The first kappa shape index (κ1) is 26.7. The molecule has 0 atom stereocenters. The number of nitrogens with two attached hydrogens (primary N) is 1. The van der Waals surface area contributed by atoms with Crippen LogP contribution in [-0.4, -0.2) is 4.57 Å². The topological polar surface area (TPSA) is 24.8 Å². The zero-order valence-electron chi connectivity index (χ0n) is 24.8.